The van der Waals surface area contributed by atoms with Gasteiger partial charge in [-0.1, -0.05) is 30.3 Å². The number of carbonyl (C=O) groups excluding carboxylic acids is 1. The topological polar surface area (TPSA) is 76.2 Å². The van der Waals surface area contributed by atoms with E-state index < -0.39 is 0 Å². The summed E-state index contributed by atoms with van der Waals surface area (Å²) in [5.41, 5.74) is 9.58. The van der Waals surface area contributed by atoms with Crippen molar-refractivity contribution < 1.29 is 4.79 Å². The molecule has 1 aromatic carbocycles. The van der Waals surface area contributed by atoms with E-state index in [2.05, 4.69) is 46.5 Å². The molecule has 24 heavy (non-hydrogen) atoms. The Hall–Kier alpha value is -2.18. The number of rotatable bonds is 6. The van der Waals surface area contributed by atoms with Crippen LogP contribution in [0.4, 0.5) is 0 Å². The minimum absolute atomic E-state index is 0.120. The lowest BCUT2D eigenvalue weighted by molar-refractivity contribution is 0.0946. The highest BCUT2D eigenvalue weighted by molar-refractivity contribution is 5.94. The van der Waals surface area contributed by atoms with Crippen molar-refractivity contribution in [1.82, 2.24) is 20.0 Å². The Morgan fingerprint density at radius 3 is 2.83 bits per heavy atom. The van der Waals surface area contributed by atoms with Crippen molar-refractivity contribution in [3.63, 3.8) is 0 Å². The molecule has 1 amide bonds. The normalized spacial score (nSPS) is 14.4. The van der Waals surface area contributed by atoms with Crippen molar-refractivity contribution >= 4 is 5.91 Å². The summed E-state index contributed by atoms with van der Waals surface area (Å²) in [6, 6.07) is 10.4. The van der Waals surface area contributed by atoms with Crippen LogP contribution in [0, 0.1) is 0 Å². The van der Waals surface area contributed by atoms with Crippen molar-refractivity contribution in [3.05, 3.63) is 52.8 Å². The van der Waals surface area contributed by atoms with Gasteiger partial charge in [0.05, 0.1) is 0 Å². The van der Waals surface area contributed by atoms with Crippen LogP contribution in [0.15, 0.2) is 30.3 Å². The first kappa shape index (κ1) is 16.7. The van der Waals surface area contributed by atoms with Gasteiger partial charge in [0.2, 0.25) is 0 Å². The molecule has 0 radical (unpaired) electrons. The van der Waals surface area contributed by atoms with Crippen LogP contribution in [-0.4, -0.2) is 40.2 Å². The van der Waals surface area contributed by atoms with Crippen molar-refractivity contribution in [2.24, 2.45) is 5.73 Å². The Labute approximate surface area is 142 Å². The summed E-state index contributed by atoms with van der Waals surface area (Å²) in [5.74, 6) is -0.120. The Bertz CT molecular complexity index is 695. The second-order valence-corrected chi connectivity index (χ2v) is 6.08. The molecule has 2 aromatic rings. The zero-order chi connectivity index (χ0) is 16.9. The number of benzene rings is 1. The summed E-state index contributed by atoms with van der Waals surface area (Å²) >= 11 is 0. The number of nitrogens with zero attached hydrogens (tertiary/aromatic N) is 3. The fourth-order valence-electron chi connectivity index (χ4n) is 3.24. The van der Waals surface area contributed by atoms with Gasteiger partial charge in [-0.15, -0.1) is 0 Å². The van der Waals surface area contributed by atoms with E-state index in [4.69, 9.17) is 5.73 Å². The first-order valence-electron chi connectivity index (χ1n) is 8.56. The zero-order valence-electron chi connectivity index (χ0n) is 14.2. The Kier molecular flexibility index (Phi) is 5.27. The summed E-state index contributed by atoms with van der Waals surface area (Å²) in [6.07, 6.45) is 0.924. The van der Waals surface area contributed by atoms with Crippen LogP contribution >= 0.6 is 0 Å². The van der Waals surface area contributed by atoms with Crippen LogP contribution in [0.2, 0.25) is 0 Å². The lowest BCUT2D eigenvalue weighted by atomic mass is 10.0. The highest BCUT2D eigenvalue weighted by Gasteiger charge is 2.27. The van der Waals surface area contributed by atoms with E-state index in [0.29, 0.717) is 18.8 Å². The monoisotopic (exact) mass is 327 g/mol. The molecule has 0 spiro atoms. The van der Waals surface area contributed by atoms with Crippen LogP contribution in [-0.2, 0) is 26.1 Å². The van der Waals surface area contributed by atoms with Crippen LogP contribution < -0.4 is 11.1 Å². The molecule has 6 heteroatoms. The minimum Gasteiger partial charge on any atom is -0.349 e. The number of fused-ring (bicyclic) bond motifs is 1. The van der Waals surface area contributed by atoms with Gasteiger partial charge in [0, 0.05) is 56.9 Å². The van der Waals surface area contributed by atoms with Gasteiger partial charge in [0.1, 0.15) is 0 Å². The molecular weight excluding hydrogens is 302 g/mol. The van der Waals surface area contributed by atoms with Crippen molar-refractivity contribution in [3.8, 4) is 0 Å². The first-order chi connectivity index (χ1) is 11.7. The van der Waals surface area contributed by atoms with E-state index in [9.17, 15) is 4.79 Å². The van der Waals surface area contributed by atoms with Crippen molar-refractivity contribution in [2.45, 2.75) is 33.0 Å². The van der Waals surface area contributed by atoms with E-state index in [0.717, 1.165) is 38.2 Å². The number of amides is 1. The minimum atomic E-state index is -0.120. The maximum atomic E-state index is 12.4. The van der Waals surface area contributed by atoms with Gasteiger partial charge < -0.3 is 11.1 Å². The fraction of sp³-hybridized carbons (Fsp3) is 0.444. The SMILES string of the molecule is CCn1nc(C(=O)NCCN)c2c1CCN(Cc1ccccc1)C2. The van der Waals surface area contributed by atoms with E-state index in [1.807, 2.05) is 10.7 Å². The lowest BCUT2D eigenvalue weighted by Gasteiger charge is -2.27. The third-order valence-electron chi connectivity index (χ3n) is 4.41. The molecule has 0 bridgehead atoms. The molecule has 0 saturated carbocycles. The van der Waals surface area contributed by atoms with E-state index in [-0.39, 0.29) is 5.91 Å². The standard InChI is InChI=1S/C18H25N5O/c1-2-23-16-8-11-22(12-14-6-4-3-5-7-14)13-15(16)17(21-23)18(24)20-10-9-19/h3-7H,2,8-13,19H2,1H3,(H,20,24). The maximum absolute atomic E-state index is 12.4. The summed E-state index contributed by atoms with van der Waals surface area (Å²) in [5, 5.41) is 7.38. The van der Waals surface area contributed by atoms with Crippen LogP contribution in [0.1, 0.15) is 34.2 Å². The number of nitrogens with two attached hydrogens (primary N) is 1. The predicted molar refractivity (Wildman–Crippen MR) is 93.5 cm³/mol. The average Bonchev–Trinajstić information content (AvgIpc) is 2.98. The summed E-state index contributed by atoms with van der Waals surface area (Å²) in [4.78, 5) is 14.8. The smallest absolute Gasteiger partial charge is 0.272 e. The van der Waals surface area contributed by atoms with Gasteiger partial charge in [-0.25, -0.2) is 0 Å². The maximum Gasteiger partial charge on any atom is 0.272 e. The lowest BCUT2D eigenvalue weighted by Crippen LogP contribution is -2.33. The quantitative estimate of drug-likeness (QED) is 0.834. The van der Waals surface area contributed by atoms with Crippen LogP contribution in [0.5, 0.6) is 0 Å². The summed E-state index contributed by atoms with van der Waals surface area (Å²) in [6.45, 7) is 6.38. The second kappa shape index (κ2) is 7.59. The average molecular weight is 327 g/mol. The number of aromatic nitrogens is 2. The Morgan fingerprint density at radius 2 is 2.12 bits per heavy atom. The fourth-order valence-corrected chi connectivity index (χ4v) is 3.24. The van der Waals surface area contributed by atoms with Gasteiger partial charge in [0.25, 0.3) is 5.91 Å². The van der Waals surface area contributed by atoms with E-state index in [1.54, 1.807) is 0 Å². The number of hydrogen-bond acceptors (Lipinski definition) is 4. The van der Waals surface area contributed by atoms with Gasteiger partial charge in [-0.3, -0.25) is 14.4 Å². The number of hydrogen-bond donors (Lipinski definition) is 2. The molecule has 0 atom stereocenters. The largest absolute Gasteiger partial charge is 0.349 e. The molecule has 3 rings (SSSR count). The molecular formula is C18H25N5O. The third kappa shape index (κ3) is 3.49. The molecule has 128 valence electrons. The Morgan fingerprint density at radius 1 is 1.33 bits per heavy atom. The third-order valence-corrected chi connectivity index (χ3v) is 4.41. The molecule has 1 aromatic heterocycles. The second-order valence-electron chi connectivity index (χ2n) is 6.08. The van der Waals surface area contributed by atoms with Gasteiger partial charge in [-0.05, 0) is 12.5 Å². The van der Waals surface area contributed by atoms with Gasteiger partial charge in [-0.2, -0.15) is 5.10 Å². The molecule has 2 heterocycles. The molecule has 0 fully saturated rings. The molecule has 6 nitrogen and oxygen atoms in total. The predicted octanol–water partition coefficient (Wildman–Crippen LogP) is 1.15. The molecule has 1 aliphatic heterocycles. The van der Waals surface area contributed by atoms with Gasteiger partial charge in [0.15, 0.2) is 5.69 Å². The van der Waals surface area contributed by atoms with Crippen molar-refractivity contribution in [1.29, 1.82) is 0 Å². The Balaban J connectivity index is 1.80. The molecule has 1 aliphatic rings. The first-order valence-corrected chi connectivity index (χ1v) is 8.56. The van der Waals surface area contributed by atoms with E-state index in [1.165, 1.54) is 11.3 Å². The van der Waals surface area contributed by atoms with Crippen LogP contribution in [0.25, 0.3) is 0 Å². The van der Waals surface area contributed by atoms with Crippen molar-refractivity contribution in [2.75, 3.05) is 19.6 Å². The number of carbonyl (C=O) groups is 1. The summed E-state index contributed by atoms with van der Waals surface area (Å²) in [7, 11) is 0. The number of aryl methyl sites for hydroxylation is 1. The molecule has 3 N–H and O–H groups in total. The highest BCUT2D eigenvalue weighted by Crippen LogP contribution is 2.24. The van der Waals surface area contributed by atoms with E-state index >= 15 is 0 Å². The molecule has 0 unspecified atom stereocenters. The molecule has 0 saturated heterocycles. The van der Waals surface area contributed by atoms with Crippen LogP contribution in [0.3, 0.4) is 0 Å². The molecule has 0 aliphatic carbocycles. The highest BCUT2D eigenvalue weighted by atomic mass is 16.1. The zero-order valence-corrected chi connectivity index (χ0v) is 14.2. The van der Waals surface area contributed by atoms with Gasteiger partial charge >= 0.3 is 0 Å². The summed E-state index contributed by atoms with van der Waals surface area (Å²) < 4.78 is 1.96. The number of nitrogens with one attached hydrogen (secondary N) is 1.